The Morgan fingerprint density at radius 3 is 1.57 bits per heavy atom. The van der Waals surface area contributed by atoms with Crippen LogP contribution in [0, 0.1) is 5.92 Å². The minimum atomic E-state index is -1.04. The zero-order valence-electron chi connectivity index (χ0n) is 8.67. The van der Waals surface area contributed by atoms with Crippen LogP contribution in [0.4, 0.5) is 0 Å². The van der Waals surface area contributed by atoms with Gasteiger partial charge in [-0.3, -0.25) is 0 Å². The highest BCUT2D eigenvalue weighted by atomic mass is 16.4. The van der Waals surface area contributed by atoms with Crippen LogP contribution >= 0.6 is 0 Å². The van der Waals surface area contributed by atoms with Crippen molar-refractivity contribution >= 4 is 0 Å². The second-order valence-electron chi connectivity index (χ2n) is 3.36. The largest absolute Gasteiger partial charge is 0.379 e. The molecule has 0 aromatic heterocycles. The highest BCUT2D eigenvalue weighted by molar-refractivity contribution is 4.73. The third kappa shape index (κ3) is 3.49. The van der Waals surface area contributed by atoms with Crippen molar-refractivity contribution in [1.29, 1.82) is 0 Å². The number of aliphatic hydroxyl groups is 3. The number of aliphatic hydroxyl groups excluding tert-OH is 3. The molecule has 0 aliphatic heterocycles. The fourth-order valence-electron chi connectivity index (χ4n) is 1.34. The first-order valence-electron chi connectivity index (χ1n) is 4.67. The quantitative estimate of drug-likeness (QED) is 0.316. The number of nitrogens with zero attached hydrogens (tertiary/aromatic N) is 1. The molecule has 0 aromatic carbocycles. The maximum absolute atomic E-state index is 9.76. The lowest BCUT2D eigenvalue weighted by Gasteiger charge is -2.36. The summed E-state index contributed by atoms with van der Waals surface area (Å²) in [6.45, 7) is 3.32. The molecule has 7 N–H and O–H groups in total. The maximum atomic E-state index is 9.76. The van der Waals surface area contributed by atoms with E-state index in [1.807, 2.05) is 0 Å². The van der Waals surface area contributed by atoms with Crippen LogP contribution in [0.2, 0.25) is 0 Å². The molecule has 0 amide bonds. The Hall–Kier alpha value is -0.240. The van der Waals surface area contributed by atoms with Crippen LogP contribution in [0.1, 0.15) is 13.8 Å². The molecule has 0 saturated heterocycles. The van der Waals surface area contributed by atoms with Crippen molar-refractivity contribution in [3.63, 3.8) is 0 Å². The van der Waals surface area contributed by atoms with Crippen molar-refractivity contribution in [2.24, 2.45) is 17.4 Å². The molecule has 0 aromatic rings. The summed E-state index contributed by atoms with van der Waals surface area (Å²) in [5, 5.41) is 28.4. The van der Waals surface area contributed by atoms with Crippen LogP contribution in [-0.4, -0.2) is 52.0 Å². The van der Waals surface area contributed by atoms with Crippen molar-refractivity contribution in [3.05, 3.63) is 0 Å². The van der Waals surface area contributed by atoms with Gasteiger partial charge < -0.3 is 26.8 Å². The molecule has 3 atom stereocenters. The first kappa shape index (κ1) is 13.8. The van der Waals surface area contributed by atoms with E-state index >= 15 is 0 Å². The zero-order chi connectivity index (χ0) is 11.3. The van der Waals surface area contributed by atoms with Crippen LogP contribution in [0.15, 0.2) is 0 Å². The van der Waals surface area contributed by atoms with Crippen LogP contribution in [0.5, 0.6) is 0 Å². The highest BCUT2D eigenvalue weighted by Gasteiger charge is 2.29. The van der Waals surface area contributed by atoms with Gasteiger partial charge in [-0.1, -0.05) is 0 Å². The van der Waals surface area contributed by atoms with E-state index in [0.717, 1.165) is 4.90 Å². The standard InChI is InChI=1S/C8H21N3O3/c1-5(12)11(6(2)13)8(14)7(3-9)4-10/h5-8,12-14H,3-4,9-10H2,1-2H3. The van der Waals surface area contributed by atoms with Gasteiger partial charge in [-0.2, -0.15) is 0 Å². The first-order valence-corrected chi connectivity index (χ1v) is 4.67. The summed E-state index contributed by atoms with van der Waals surface area (Å²) in [7, 11) is 0. The Kier molecular flexibility index (Phi) is 6.17. The predicted octanol–water partition coefficient (Wildman–Crippen LogP) is -2.18. The molecule has 0 rings (SSSR count). The molecule has 0 fully saturated rings. The summed E-state index contributed by atoms with van der Waals surface area (Å²) in [4.78, 5) is 1.14. The maximum Gasteiger partial charge on any atom is 0.116 e. The normalized spacial score (nSPS) is 18.6. The monoisotopic (exact) mass is 207 g/mol. The molecule has 3 unspecified atom stereocenters. The Morgan fingerprint density at radius 1 is 1.00 bits per heavy atom. The highest BCUT2D eigenvalue weighted by Crippen LogP contribution is 2.12. The molecular formula is C8H21N3O3. The predicted molar refractivity (Wildman–Crippen MR) is 52.8 cm³/mol. The molecule has 0 radical (unpaired) electrons. The van der Waals surface area contributed by atoms with Gasteiger partial charge in [0.25, 0.3) is 0 Å². The Morgan fingerprint density at radius 2 is 1.36 bits per heavy atom. The number of nitrogens with two attached hydrogens (primary N) is 2. The van der Waals surface area contributed by atoms with E-state index in [4.69, 9.17) is 11.5 Å². The van der Waals surface area contributed by atoms with Gasteiger partial charge in [0.05, 0.1) is 0 Å². The lowest BCUT2D eigenvalue weighted by molar-refractivity contribution is -0.181. The molecule has 14 heavy (non-hydrogen) atoms. The fraction of sp³-hybridized carbons (Fsp3) is 1.00. The van der Waals surface area contributed by atoms with Gasteiger partial charge in [0.1, 0.15) is 18.7 Å². The summed E-state index contributed by atoms with van der Waals surface area (Å²) < 4.78 is 0. The fourth-order valence-corrected chi connectivity index (χ4v) is 1.34. The number of hydrogen-bond donors (Lipinski definition) is 5. The Balaban J connectivity index is 4.49. The van der Waals surface area contributed by atoms with Crippen molar-refractivity contribution in [3.8, 4) is 0 Å². The van der Waals surface area contributed by atoms with Gasteiger partial charge in [0, 0.05) is 19.0 Å². The van der Waals surface area contributed by atoms with Crippen LogP contribution in [0.3, 0.4) is 0 Å². The molecule has 6 nitrogen and oxygen atoms in total. The molecule has 86 valence electrons. The summed E-state index contributed by atoms with van der Waals surface area (Å²) >= 11 is 0. The number of hydrogen-bond acceptors (Lipinski definition) is 6. The third-order valence-electron chi connectivity index (χ3n) is 2.20. The summed E-state index contributed by atoms with van der Waals surface area (Å²) in [5.41, 5.74) is 10.8. The van der Waals surface area contributed by atoms with Gasteiger partial charge in [-0.15, -0.1) is 0 Å². The lowest BCUT2D eigenvalue weighted by atomic mass is 10.1. The third-order valence-corrected chi connectivity index (χ3v) is 2.20. The van der Waals surface area contributed by atoms with Crippen LogP contribution in [0.25, 0.3) is 0 Å². The molecule has 0 spiro atoms. The summed E-state index contributed by atoms with van der Waals surface area (Å²) in [6.07, 6.45) is -2.94. The molecule has 6 heteroatoms. The topological polar surface area (TPSA) is 116 Å². The van der Waals surface area contributed by atoms with Gasteiger partial charge in [0.15, 0.2) is 0 Å². The SMILES string of the molecule is CC(O)N(C(C)O)C(O)C(CN)CN. The minimum Gasteiger partial charge on any atom is -0.379 e. The van der Waals surface area contributed by atoms with E-state index in [1.165, 1.54) is 13.8 Å². The zero-order valence-corrected chi connectivity index (χ0v) is 8.67. The van der Waals surface area contributed by atoms with Crippen LogP contribution in [-0.2, 0) is 0 Å². The molecule has 0 heterocycles. The average molecular weight is 207 g/mol. The second-order valence-corrected chi connectivity index (χ2v) is 3.36. The van der Waals surface area contributed by atoms with E-state index in [9.17, 15) is 15.3 Å². The molecular weight excluding hydrogens is 186 g/mol. The molecule has 0 aliphatic carbocycles. The van der Waals surface area contributed by atoms with Gasteiger partial charge in [-0.25, -0.2) is 4.90 Å². The number of rotatable bonds is 6. The van der Waals surface area contributed by atoms with E-state index in [2.05, 4.69) is 0 Å². The first-order chi connectivity index (χ1) is 6.45. The van der Waals surface area contributed by atoms with E-state index in [1.54, 1.807) is 0 Å². The second kappa shape index (κ2) is 6.28. The summed E-state index contributed by atoms with van der Waals surface area (Å²) in [6, 6.07) is 0. The van der Waals surface area contributed by atoms with Crippen molar-refractivity contribution in [1.82, 2.24) is 4.90 Å². The Bertz CT molecular complexity index is 143. The average Bonchev–Trinajstić information content (AvgIpc) is 2.04. The van der Waals surface area contributed by atoms with Crippen LogP contribution < -0.4 is 11.5 Å². The van der Waals surface area contributed by atoms with E-state index in [-0.39, 0.29) is 19.0 Å². The smallest absolute Gasteiger partial charge is 0.116 e. The van der Waals surface area contributed by atoms with Gasteiger partial charge >= 0.3 is 0 Å². The molecule has 0 aliphatic rings. The van der Waals surface area contributed by atoms with Crippen molar-refractivity contribution in [2.45, 2.75) is 32.5 Å². The molecule has 0 saturated carbocycles. The summed E-state index contributed by atoms with van der Waals surface area (Å²) in [5.74, 6) is -0.362. The van der Waals surface area contributed by atoms with Gasteiger partial charge in [-0.05, 0) is 13.8 Å². The minimum absolute atomic E-state index is 0.202. The van der Waals surface area contributed by atoms with E-state index < -0.39 is 18.7 Å². The van der Waals surface area contributed by atoms with Crippen molar-refractivity contribution < 1.29 is 15.3 Å². The Labute approximate surface area is 84.1 Å². The lowest BCUT2D eigenvalue weighted by Crippen LogP contribution is -2.53. The van der Waals surface area contributed by atoms with Gasteiger partial charge in [0.2, 0.25) is 0 Å². The molecule has 0 bridgehead atoms. The van der Waals surface area contributed by atoms with Crippen molar-refractivity contribution in [2.75, 3.05) is 13.1 Å². The van der Waals surface area contributed by atoms with E-state index in [0.29, 0.717) is 0 Å².